The fourth-order valence-electron chi connectivity index (χ4n) is 4.50. The van der Waals surface area contributed by atoms with Crippen LogP contribution in [0.1, 0.15) is 28.9 Å². The number of para-hydroxylation sites is 1. The summed E-state index contributed by atoms with van der Waals surface area (Å²) >= 11 is 0. The van der Waals surface area contributed by atoms with Crippen molar-refractivity contribution in [1.82, 2.24) is 29.4 Å². The molecule has 0 unspecified atom stereocenters. The molecule has 0 bridgehead atoms. The topological polar surface area (TPSA) is 77.6 Å². The van der Waals surface area contributed by atoms with Crippen molar-refractivity contribution >= 4 is 27.8 Å². The smallest absolute Gasteiger partial charge is 0.268 e. The van der Waals surface area contributed by atoms with Gasteiger partial charge in [0.1, 0.15) is 5.69 Å². The number of amides is 1. The van der Waals surface area contributed by atoms with Gasteiger partial charge in [0.15, 0.2) is 0 Å². The number of nitrogens with one attached hydrogen (secondary N) is 1. The Balaban J connectivity index is 1.44. The quantitative estimate of drug-likeness (QED) is 0.416. The van der Waals surface area contributed by atoms with Crippen molar-refractivity contribution in [3.05, 3.63) is 84.6 Å². The summed E-state index contributed by atoms with van der Waals surface area (Å²) in [6.07, 6.45) is 10.2. The summed E-state index contributed by atoms with van der Waals surface area (Å²) in [5.74, 6) is 1.08. The molecule has 7 heteroatoms. The van der Waals surface area contributed by atoms with Gasteiger partial charge in [0.2, 0.25) is 5.95 Å². The van der Waals surface area contributed by atoms with E-state index < -0.39 is 0 Å². The maximum absolute atomic E-state index is 13.4. The third-order valence-electron chi connectivity index (χ3n) is 6.29. The molecule has 5 aromatic rings. The molecular weight excluding hydrogens is 412 g/mol. The van der Waals surface area contributed by atoms with Crippen LogP contribution in [0.15, 0.2) is 73.3 Å². The van der Waals surface area contributed by atoms with E-state index in [2.05, 4.69) is 43.0 Å². The van der Waals surface area contributed by atoms with Crippen LogP contribution in [0.2, 0.25) is 0 Å². The number of carbonyl (C=O) groups is 1. The van der Waals surface area contributed by atoms with Crippen molar-refractivity contribution in [2.24, 2.45) is 5.92 Å². The molecule has 1 aliphatic carbocycles. The lowest BCUT2D eigenvalue weighted by Gasteiger charge is -2.10. The molecule has 4 aromatic heterocycles. The highest BCUT2D eigenvalue weighted by Crippen LogP contribution is 2.37. The fraction of sp³-hybridized carbons (Fsp3) is 0.231. The lowest BCUT2D eigenvalue weighted by Crippen LogP contribution is -2.28. The van der Waals surface area contributed by atoms with Gasteiger partial charge in [0.05, 0.1) is 16.6 Å². The Morgan fingerprint density at radius 3 is 2.55 bits per heavy atom. The molecule has 1 N–H and O–H groups in total. The molecule has 0 aliphatic heterocycles. The molecule has 4 heterocycles. The van der Waals surface area contributed by atoms with E-state index in [1.807, 2.05) is 28.8 Å². The molecule has 0 radical (unpaired) electrons. The third-order valence-corrected chi connectivity index (χ3v) is 6.29. The Kier molecular flexibility index (Phi) is 4.87. The minimum atomic E-state index is -0.130. The minimum Gasteiger partial charge on any atom is -0.350 e. The summed E-state index contributed by atoms with van der Waals surface area (Å²) in [4.78, 5) is 26.4. The van der Waals surface area contributed by atoms with Gasteiger partial charge in [-0.25, -0.2) is 9.97 Å². The fourth-order valence-corrected chi connectivity index (χ4v) is 4.50. The molecule has 0 atom stereocenters. The molecule has 7 nitrogen and oxygen atoms in total. The van der Waals surface area contributed by atoms with E-state index in [-0.39, 0.29) is 5.91 Å². The number of aromatic nitrogens is 5. The molecule has 1 saturated carbocycles. The summed E-state index contributed by atoms with van der Waals surface area (Å²) in [7, 11) is 0. The first kappa shape index (κ1) is 19.7. The highest BCUT2D eigenvalue weighted by Gasteiger charge is 2.27. The van der Waals surface area contributed by atoms with Gasteiger partial charge in [-0.3, -0.25) is 14.3 Å². The molecule has 6 rings (SSSR count). The summed E-state index contributed by atoms with van der Waals surface area (Å²) in [6, 6.07) is 16.1. The lowest BCUT2D eigenvalue weighted by molar-refractivity contribution is 0.0947. The van der Waals surface area contributed by atoms with E-state index in [0.29, 0.717) is 24.1 Å². The molecule has 33 heavy (non-hydrogen) atoms. The number of hydrogen-bond acceptors (Lipinski definition) is 4. The van der Waals surface area contributed by atoms with Crippen LogP contribution in [0.3, 0.4) is 0 Å². The summed E-state index contributed by atoms with van der Waals surface area (Å²) < 4.78 is 4.26. The predicted octanol–water partition coefficient (Wildman–Crippen LogP) is 4.15. The van der Waals surface area contributed by atoms with E-state index in [4.69, 9.17) is 0 Å². The standard InChI is InChI=1S/C26H24N6O/c33-25(28-15-10-18-8-13-27-14-9-18)23-16-22-24(32(23)26-29-11-3-12-30-26)20-4-1-2-5-21(20)31(22)17-19-6-7-19/h1-5,8-9,11-14,16,19H,6-7,10,15,17H2,(H,28,33). The van der Waals surface area contributed by atoms with E-state index in [1.165, 1.54) is 18.4 Å². The van der Waals surface area contributed by atoms with Gasteiger partial charge in [-0.2, -0.15) is 0 Å². The number of carbonyl (C=O) groups excluding carboxylic acids is 1. The first-order chi connectivity index (χ1) is 16.3. The second-order valence-corrected chi connectivity index (χ2v) is 8.58. The van der Waals surface area contributed by atoms with E-state index in [0.717, 1.165) is 34.9 Å². The molecule has 1 amide bonds. The van der Waals surface area contributed by atoms with Crippen molar-refractivity contribution in [1.29, 1.82) is 0 Å². The first-order valence-corrected chi connectivity index (χ1v) is 11.4. The Morgan fingerprint density at radius 1 is 0.970 bits per heavy atom. The summed E-state index contributed by atoms with van der Waals surface area (Å²) in [6.45, 7) is 1.50. The van der Waals surface area contributed by atoms with Gasteiger partial charge in [0.25, 0.3) is 5.91 Å². The van der Waals surface area contributed by atoms with Crippen LogP contribution in [-0.4, -0.2) is 36.5 Å². The van der Waals surface area contributed by atoms with Gasteiger partial charge in [0, 0.05) is 43.3 Å². The molecule has 1 fully saturated rings. The van der Waals surface area contributed by atoms with Gasteiger partial charge in [-0.15, -0.1) is 0 Å². The van der Waals surface area contributed by atoms with Gasteiger partial charge >= 0.3 is 0 Å². The van der Waals surface area contributed by atoms with E-state index >= 15 is 0 Å². The second kappa shape index (κ2) is 8.16. The normalized spacial score (nSPS) is 13.6. The zero-order valence-corrected chi connectivity index (χ0v) is 18.2. The molecule has 164 valence electrons. The number of fused-ring (bicyclic) bond motifs is 3. The molecule has 1 aliphatic rings. The van der Waals surface area contributed by atoms with Gasteiger partial charge < -0.3 is 9.88 Å². The average Bonchev–Trinajstić information content (AvgIpc) is 3.52. The highest BCUT2D eigenvalue weighted by atomic mass is 16.1. The van der Waals surface area contributed by atoms with Crippen molar-refractivity contribution in [2.75, 3.05) is 6.54 Å². The number of rotatable bonds is 7. The molecule has 0 spiro atoms. The van der Waals surface area contributed by atoms with Gasteiger partial charge in [-0.05, 0) is 61.1 Å². The minimum absolute atomic E-state index is 0.130. The van der Waals surface area contributed by atoms with Crippen LogP contribution in [0.4, 0.5) is 0 Å². The maximum Gasteiger partial charge on any atom is 0.268 e. The summed E-state index contributed by atoms with van der Waals surface area (Å²) in [5, 5.41) is 4.19. The van der Waals surface area contributed by atoms with Crippen LogP contribution in [-0.2, 0) is 13.0 Å². The summed E-state index contributed by atoms with van der Waals surface area (Å²) in [5.41, 5.74) is 4.91. The van der Waals surface area contributed by atoms with Crippen molar-refractivity contribution in [3.8, 4) is 5.95 Å². The lowest BCUT2D eigenvalue weighted by atomic mass is 10.2. The maximum atomic E-state index is 13.4. The Morgan fingerprint density at radius 2 is 1.76 bits per heavy atom. The Bertz CT molecular complexity index is 1430. The monoisotopic (exact) mass is 436 g/mol. The zero-order valence-electron chi connectivity index (χ0n) is 18.2. The molecule has 1 aromatic carbocycles. The average molecular weight is 437 g/mol. The highest BCUT2D eigenvalue weighted by molar-refractivity contribution is 6.10. The Labute approximate surface area is 191 Å². The molecular formula is C26H24N6O. The number of hydrogen-bond donors (Lipinski definition) is 1. The van der Waals surface area contributed by atoms with Crippen LogP contribution in [0.5, 0.6) is 0 Å². The first-order valence-electron chi connectivity index (χ1n) is 11.4. The predicted molar refractivity (Wildman–Crippen MR) is 127 cm³/mol. The van der Waals surface area contributed by atoms with Crippen LogP contribution < -0.4 is 5.32 Å². The van der Waals surface area contributed by atoms with Crippen LogP contribution in [0.25, 0.3) is 27.9 Å². The van der Waals surface area contributed by atoms with E-state index in [9.17, 15) is 4.79 Å². The zero-order chi connectivity index (χ0) is 22.2. The third kappa shape index (κ3) is 3.65. The SMILES string of the molecule is O=C(NCCc1ccncc1)c1cc2c(c3ccccc3n2CC2CC2)n1-c1ncccn1. The number of pyridine rings is 1. The van der Waals surface area contributed by atoms with Crippen LogP contribution in [0, 0.1) is 5.92 Å². The Hall–Kier alpha value is -4.00. The number of nitrogens with zero attached hydrogens (tertiary/aromatic N) is 5. The molecule has 0 saturated heterocycles. The van der Waals surface area contributed by atoms with Crippen LogP contribution >= 0.6 is 0 Å². The van der Waals surface area contributed by atoms with Crippen molar-refractivity contribution < 1.29 is 4.79 Å². The van der Waals surface area contributed by atoms with Crippen molar-refractivity contribution in [3.63, 3.8) is 0 Å². The number of benzene rings is 1. The van der Waals surface area contributed by atoms with Crippen molar-refractivity contribution in [2.45, 2.75) is 25.8 Å². The van der Waals surface area contributed by atoms with E-state index in [1.54, 1.807) is 30.9 Å². The second-order valence-electron chi connectivity index (χ2n) is 8.58. The largest absolute Gasteiger partial charge is 0.350 e. The van der Waals surface area contributed by atoms with Gasteiger partial charge in [-0.1, -0.05) is 18.2 Å².